The van der Waals surface area contributed by atoms with Gasteiger partial charge in [-0.05, 0) is 11.8 Å². The average molecular weight is 494 g/mol. The van der Waals surface area contributed by atoms with Gasteiger partial charge in [0.05, 0.1) is 0 Å². The minimum atomic E-state index is 0. The summed E-state index contributed by atoms with van der Waals surface area (Å²) in [6, 6.07) is 7.59. The minimum absolute atomic E-state index is 0. The molecular weight excluding hydrogens is 466 g/mol. The first-order valence-electron chi connectivity index (χ1n) is 9.31. The maximum Gasteiger partial charge on any atom is 0 e. The molecule has 0 aromatic heterocycles. The van der Waals surface area contributed by atoms with Crippen LogP contribution < -0.4 is 0 Å². The van der Waals surface area contributed by atoms with Crippen molar-refractivity contribution in [1.82, 2.24) is 0 Å². The Hall–Kier alpha value is 0.648. The Morgan fingerprint density at radius 3 is 1.27 bits per heavy atom. The van der Waals surface area contributed by atoms with Gasteiger partial charge in [-0.25, -0.2) is 0 Å². The van der Waals surface area contributed by atoms with Gasteiger partial charge in [-0.2, -0.15) is 67.8 Å². The largest absolute Gasteiger partial charge is 0.176 e. The van der Waals surface area contributed by atoms with E-state index < -0.39 is 0 Å². The Labute approximate surface area is 210 Å². The van der Waals surface area contributed by atoms with E-state index in [4.69, 9.17) is 0 Å². The van der Waals surface area contributed by atoms with Crippen LogP contribution in [-0.4, -0.2) is 0 Å². The molecule has 5 rings (SSSR count). The van der Waals surface area contributed by atoms with E-state index in [-0.39, 0.29) is 65.4 Å². The number of fused-ring (bicyclic) bond motifs is 1. The molecule has 3 aliphatic carbocycles. The number of aryl methyl sites for hydroxylation is 2. The number of benzene rings is 2. The third-order valence-corrected chi connectivity index (χ3v) is 7.41. The third-order valence-electron chi connectivity index (χ3n) is 7.41. The average Bonchev–Trinajstić information content (AvgIpc) is 2.54. The van der Waals surface area contributed by atoms with Crippen molar-refractivity contribution in [3.8, 4) is 0 Å². The minimum Gasteiger partial charge on any atom is -0.176 e. The maximum atomic E-state index is 3.79. The summed E-state index contributed by atoms with van der Waals surface area (Å²) < 4.78 is 0. The molecule has 2 aromatic carbocycles. The molecule has 0 aliphatic heterocycles. The van der Waals surface area contributed by atoms with Gasteiger partial charge in [-0.3, -0.25) is 0 Å². The standard InChI is InChI=1S/C24H28.2Y/c1-11-9-19-21-17(7)18(8)24(22(19)15(5)13(11)3)23-16(6)14(4)12(2)10-20(21)23;;/h17-18,21,24H,1-8H3;;/q-2;;. The van der Waals surface area contributed by atoms with Crippen LogP contribution in [0, 0.1) is 65.5 Å². The van der Waals surface area contributed by atoms with Crippen LogP contribution in [0.15, 0.2) is 0 Å². The van der Waals surface area contributed by atoms with Gasteiger partial charge in [-0.1, -0.05) is 67.2 Å². The van der Waals surface area contributed by atoms with Crippen molar-refractivity contribution >= 4 is 0 Å². The van der Waals surface area contributed by atoms with Gasteiger partial charge in [0.2, 0.25) is 0 Å². The first-order chi connectivity index (χ1) is 11.3. The van der Waals surface area contributed by atoms with Gasteiger partial charge >= 0.3 is 0 Å². The Morgan fingerprint density at radius 2 is 0.885 bits per heavy atom. The monoisotopic (exact) mass is 494 g/mol. The Kier molecular flexibility index (Phi) is 6.89. The summed E-state index contributed by atoms with van der Waals surface area (Å²) >= 11 is 0. The molecule has 0 spiro atoms. The molecule has 0 saturated carbocycles. The molecule has 0 fully saturated rings. The second-order valence-corrected chi connectivity index (χ2v) is 8.33. The zero-order valence-electron chi connectivity index (χ0n) is 17.5. The zero-order chi connectivity index (χ0) is 17.5. The van der Waals surface area contributed by atoms with Crippen LogP contribution in [-0.2, 0) is 65.4 Å². The molecule has 2 radical (unpaired) electrons. The molecule has 0 saturated heterocycles. The molecule has 3 aliphatic rings. The van der Waals surface area contributed by atoms with Crippen LogP contribution in [0.2, 0.25) is 0 Å². The van der Waals surface area contributed by atoms with Gasteiger partial charge in [0, 0.05) is 65.4 Å². The Balaban J connectivity index is 0.00000121. The molecular formula is C24H28Y2-2. The van der Waals surface area contributed by atoms with Crippen molar-refractivity contribution < 1.29 is 65.4 Å². The summed E-state index contributed by atoms with van der Waals surface area (Å²) in [7, 11) is 0. The molecule has 0 nitrogen and oxygen atoms in total. The van der Waals surface area contributed by atoms with Crippen molar-refractivity contribution in [2.75, 3.05) is 0 Å². The molecule has 2 unspecified atom stereocenters. The fraction of sp³-hybridized carbons (Fsp3) is 0.500. The van der Waals surface area contributed by atoms with Crippen molar-refractivity contribution in [3.63, 3.8) is 0 Å². The van der Waals surface area contributed by atoms with E-state index in [1.807, 2.05) is 0 Å². The van der Waals surface area contributed by atoms with Gasteiger partial charge in [0.1, 0.15) is 0 Å². The van der Waals surface area contributed by atoms with E-state index in [9.17, 15) is 0 Å². The number of hydrogen-bond donors (Lipinski definition) is 0. The fourth-order valence-electron chi connectivity index (χ4n) is 5.34. The second kappa shape index (κ2) is 7.82. The second-order valence-electron chi connectivity index (χ2n) is 8.33. The first kappa shape index (κ1) is 22.9. The van der Waals surface area contributed by atoms with Crippen molar-refractivity contribution in [3.05, 3.63) is 67.8 Å². The molecule has 26 heavy (non-hydrogen) atoms. The quantitative estimate of drug-likeness (QED) is 0.395. The SMILES string of the molecule is Cc1[c-]c2c(c(C)c1C)C1c3c([c-]c(C)c(C)c3C)C2C(C)C1C.[Y].[Y]. The van der Waals surface area contributed by atoms with Gasteiger partial charge in [0.25, 0.3) is 0 Å². The van der Waals surface area contributed by atoms with Crippen LogP contribution in [0.5, 0.6) is 0 Å². The summed E-state index contributed by atoms with van der Waals surface area (Å²) in [5.41, 5.74) is 14.6. The van der Waals surface area contributed by atoms with E-state index in [2.05, 4.69) is 67.5 Å². The molecule has 2 heteroatoms. The van der Waals surface area contributed by atoms with E-state index in [1.165, 1.54) is 44.5 Å². The van der Waals surface area contributed by atoms with E-state index in [0.717, 1.165) is 0 Å². The number of rotatable bonds is 0. The first-order valence-corrected chi connectivity index (χ1v) is 9.31. The van der Waals surface area contributed by atoms with E-state index in [0.29, 0.717) is 23.7 Å². The van der Waals surface area contributed by atoms with Crippen LogP contribution in [0.3, 0.4) is 0 Å². The van der Waals surface area contributed by atoms with Crippen molar-refractivity contribution in [2.45, 2.75) is 67.2 Å². The van der Waals surface area contributed by atoms with Crippen LogP contribution in [0.4, 0.5) is 0 Å². The normalized spacial score (nSPS) is 25.1. The van der Waals surface area contributed by atoms with Crippen LogP contribution in [0.1, 0.15) is 81.3 Å². The Bertz CT molecular complexity index is 813. The molecule has 0 heterocycles. The molecule has 2 aromatic rings. The van der Waals surface area contributed by atoms with Crippen molar-refractivity contribution in [2.24, 2.45) is 11.8 Å². The van der Waals surface area contributed by atoms with Crippen LogP contribution >= 0.6 is 0 Å². The number of hydrogen-bond acceptors (Lipinski definition) is 0. The summed E-state index contributed by atoms with van der Waals surface area (Å²) in [5.74, 6) is 2.32. The van der Waals surface area contributed by atoms with Gasteiger partial charge in [-0.15, -0.1) is 0 Å². The van der Waals surface area contributed by atoms with Crippen molar-refractivity contribution in [1.29, 1.82) is 0 Å². The summed E-state index contributed by atoms with van der Waals surface area (Å²) in [6.07, 6.45) is 0. The Morgan fingerprint density at radius 1 is 0.538 bits per heavy atom. The predicted molar refractivity (Wildman–Crippen MR) is 101 cm³/mol. The van der Waals surface area contributed by atoms with Gasteiger partial charge < -0.3 is 0 Å². The van der Waals surface area contributed by atoms with Crippen LogP contribution in [0.25, 0.3) is 0 Å². The molecule has 132 valence electrons. The fourth-order valence-corrected chi connectivity index (χ4v) is 5.34. The molecule has 2 bridgehead atoms. The third kappa shape index (κ3) is 2.92. The molecule has 0 amide bonds. The summed E-state index contributed by atoms with van der Waals surface area (Å²) in [4.78, 5) is 0. The topological polar surface area (TPSA) is 0 Å². The maximum absolute atomic E-state index is 3.79. The van der Waals surface area contributed by atoms with E-state index in [1.54, 1.807) is 11.1 Å². The predicted octanol–water partition coefficient (Wildman–Crippen LogP) is 6.00. The molecule has 0 N–H and O–H groups in total. The zero-order valence-corrected chi connectivity index (χ0v) is 23.1. The summed E-state index contributed by atoms with van der Waals surface area (Å²) in [6.45, 7) is 18.5. The summed E-state index contributed by atoms with van der Waals surface area (Å²) in [5, 5.41) is 0. The van der Waals surface area contributed by atoms with Gasteiger partial charge in [0.15, 0.2) is 0 Å². The smallest absolute Gasteiger partial charge is 0 e. The molecule has 2 atom stereocenters. The van der Waals surface area contributed by atoms with E-state index >= 15 is 0 Å².